The summed E-state index contributed by atoms with van der Waals surface area (Å²) in [4.78, 5) is 9.51. The van der Waals surface area contributed by atoms with E-state index < -0.39 is 0 Å². The first-order valence-electron chi connectivity index (χ1n) is 18.9. The van der Waals surface area contributed by atoms with E-state index in [0.717, 1.165) is 27.8 Å². The van der Waals surface area contributed by atoms with E-state index in [1.54, 1.807) is 12.4 Å². The number of hydrogen-bond acceptors (Lipinski definition) is 9. The van der Waals surface area contributed by atoms with Crippen molar-refractivity contribution in [3.63, 3.8) is 0 Å². The SMILES string of the molecule is C=C1Cc2cc(C(C)(C)C)cc(c2O)C=Nc2ccccc2OCCOCCOCCOCCOc2ccccc2N=Cc2cc(C(C)(C)C)cc(c2O)C1. The molecule has 4 bridgehead atoms. The van der Waals surface area contributed by atoms with Crippen LogP contribution in [0.4, 0.5) is 11.4 Å². The molecule has 9 heteroatoms. The second-order valence-electron chi connectivity index (χ2n) is 15.7. The Morgan fingerprint density at radius 3 is 1.27 bits per heavy atom. The van der Waals surface area contributed by atoms with E-state index in [2.05, 4.69) is 48.1 Å². The number of para-hydroxylation sites is 4. The minimum absolute atomic E-state index is 0.138. The van der Waals surface area contributed by atoms with Crippen molar-refractivity contribution >= 4 is 23.8 Å². The number of aliphatic imine (C=N–C) groups is 2. The van der Waals surface area contributed by atoms with E-state index in [-0.39, 0.29) is 22.3 Å². The standard InChI is InChI=1S/C46H56N2O7/c1-32-24-33-26-37(45(2,3)4)28-35(43(33)49)30-47-39-12-8-10-14-41(39)54-22-20-52-18-16-51-17-19-53-21-23-55-42-15-11-9-13-40(42)48-31-36-29-38(46(5,6)7)27-34(25-32)44(36)50/h8-15,26-31,49-50H,1,16-25H2,2-7H3. The molecule has 1 aliphatic rings. The Kier molecular flexibility index (Phi) is 14.3. The summed E-state index contributed by atoms with van der Waals surface area (Å²) in [5.41, 5.74) is 6.50. The van der Waals surface area contributed by atoms with Gasteiger partial charge in [-0.1, -0.05) is 90.1 Å². The van der Waals surface area contributed by atoms with E-state index in [4.69, 9.17) is 33.7 Å². The van der Waals surface area contributed by atoms with Crippen LogP contribution in [0.15, 0.2) is 94.9 Å². The average Bonchev–Trinajstić information content (AvgIpc) is 3.13. The zero-order valence-electron chi connectivity index (χ0n) is 33.2. The van der Waals surface area contributed by atoms with Crippen LogP contribution in [0.3, 0.4) is 0 Å². The van der Waals surface area contributed by atoms with Gasteiger partial charge in [0.15, 0.2) is 0 Å². The van der Waals surface area contributed by atoms with E-state index in [0.29, 0.717) is 99.7 Å². The summed E-state index contributed by atoms with van der Waals surface area (Å²) in [5, 5.41) is 23.3. The fourth-order valence-electron chi connectivity index (χ4n) is 5.98. The molecule has 0 aromatic heterocycles. The molecule has 0 saturated carbocycles. The lowest BCUT2D eigenvalue weighted by Crippen LogP contribution is -2.14. The van der Waals surface area contributed by atoms with Gasteiger partial charge >= 0.3 is 0 Å². The molecule has 0 fully saturated rings. The van der Waals surface area contributed by atoms with Crippen LogP contribution in [-0.2, 0) is 37.9 Å². The Hall–Kier alpha value is -4.96. The normalized spacial score (nSPS) is 15.9. The number of fused-ring (bicyclic) bond motifs is 6. The number of benzene rings is 4. The number of rotatable bonds is 0. The van der Waals surface area contributed by atoms with Gasteiger partial charge in [-0.05, 0) is 82.3 Å². The molecule has 2 N–H and O–H groups in total. The Balaban J connectivity index is 1.49. The average molecular weight is 749 g/mol. The molecular weight excluding hydrogens is 693 g/mol. The molecule has 9 nitrogen and oxygen atoms in total. The van der Waals surface area contributed by atoms with Gasteiger partial charge in [0.2, 0.25) is 0 Å². The number of phenols is 2. The van der Waals surface area contributed by atoms with Gasteiger partial charge in [-0.2, -0.15) is 0 Å². The molecule has 0 saturated heterocycles. The summed E-state index contributed by atoms with van der Waals surface area (Å²) >= 11 is 0. The maximum atomic E-state index is 11.6. The number of phenolic OH excluding ortho intramolecular Hbond substituents is 2. The molecule has 5 rings (SSSR count). The molecule has 1 aliphatic heterocycles. The number of nitrogens with zero attached hydrogens (tertiary/aromatic N) is 2. The Labute approximate surface area is 326 Å². The number of aromatic hydroxyl groups is 2. The quantitative estimate of drug-likeness (QED) is 0.173. The maximum absolute atomic E-state index is 11.6. The minimum atomic E-state index is -0.194. The van der Waals surface area contributed by atoms with Crippen molar-refractivity contribution in [3.8, 4) is 23.0 Å². The van der Waals surface area contributed by atoms with Crippen molar-refractivity contribution in [2.75, 3.05) is 52.9 Å². The van der Waals surface area contributed by atoms with Crippen molar-refractivity contribution in [2.24, 2.45) is 9.98 Å². The summed E-state index contributed by atoms with van der Waals surface area (Å²) in [5.74, 6) is 1.51. The zero-order valence-corrected chi connectivity index (χ0v) is 33.2. The summed E-state index contributed by atoms with van der Waals surface area (Å²) < 4.78 is 29.1. The highest BCUT2D eigenvalue weighted by Crippen LogP contribution is 2.36. The first kappa shape index (κ1) is 41.2. The first-order valence-corrected chi connectivity index (χ1v) is 18.9. The van der Waals surface area contributed by atoms with Gasteiger partial charge in [0, 0.05) is 23.6 Å². The molecule has 4 aromatic rings. The number of allylic oxidation sites excluding steroid dienone is 1. The third kappa shape index (κ3) is 12.0. The Morgan fingerprint density at radius 1 is 0.527 bits per heavy atom. The summed E-state index contributed by atoms with van der Waals surface area (Å²) in [6.07, 6.45) is 4.17. The first-order chi connectivity index (χ1) is 26.3. The topological polar surface area (TPSA) is 111 Å². The van der Waals surface area contributed by atoms with Gasteiger partial charge in [-0.25, -0.2) is 0 Å². The molecule has 4 aromatic carbocycles. The fourth-order valence-corrected chi connectivity index (χ4v) is 5.98. The van der Waals surface area contributed by atoms with Crippen molar-refractivity contribution < 1.29 is 33.9 Å². The highest BCUT2D eigenvalue weighted by Gasteiger charge is 2.21. The molecule has 55 heavy (non-hydrogen) atoms. The van der Waals surface area contributed by atoms with Crippen molar-refractivity contribution in [1.29, 1.82) is 0 Å². The number of ether oxygens (including phenoxy) is 5. The molecule has 0 radical (unpaired) electrons. The van der Waals surface area contributed by atoms with Crippen LogP contribution in [0, 0.1) is 0 Å². The molecule has 0 amide bonds. The highest BCUT2D eigenvalue weighted by atomic mass is 16.6. The van der Waals surface area contributed by atoms with Crippen LogP contribution in [0.1, 0.15) is 74.9 Å². The van der Waals surface area contributed by atoms with Crippen LogP contribution in [0.25, 0.3) is 0 Å². The van der Waals surface area contributed by atoms with Crippen LogP contribution >= 0.6 is 0 Å². The van der Waals surface area contributed by atoms with E-state index in [9.17, 15) is 10.2 Å². The zero-order chi connectivity index (χ0) is 39.4. The van der Waals surface area contributed by atoms with E-state index >= 15 is 0 Å². The van der Waals surface area contributed by atoms with Crippen molar-refractivity contribution in [1.82, 2.24) is 0 Å². The summed E-state index contributed by atoms with van der Waals surface area (Å²) in [6.45, 7) is 20.5. The van der Waals surface area contributed by atoms with Gasteiger partial charge in [-0.3, -0.25) is 9.98 Å². The molecule has 1 heterocycles. The van der Waals surface area contributed by atoms with Gasteiger partial charge in [0.05, 0.1) is 39.6 Å². The second-order valence-corrected chi connectivity index (χ2v) is 15.7. The predicted octanol–water partition coefficient (Wildman–Crippen LogP) is 9.36. The second kappa shape index (κ2) is 19.1. The fraction of sp³-hybridized carbons (Fsp3) is 0.391. The lowest BCUT2D eigenvalue weighted by molar-refractivity contribution is 0.00504. The van der Waals surface area contributed by atoms with E-state index in [1.165, 1.54) is 0 Å². The summed E-state index contributed by atoms with van der Waals surface area (Å²) in [6, 6.07) is 23.1. The van der Waals surface area contributed by atoms with Crippen LogP contribution < -0.4 is 9.47 Å². The van der Waals surface area contributed by atoms with E-state index in [1.807, 2.05) is 72.8 Å². The summed E-state index contributed by atoms with van der Waals surface area (Å²) in [7, 11) is 0. The third-order valence-corrected chi connectivity index (χ3v) is 9.18. The molecule has 0 aliphatic carbocycles. The Morgan fingerprint density at radius 2 is 0.891 bits per heavy atom. The lowest BCUT2D eigenvalue weighted by Gasteiger charge is -2.23. The van der Waals surface area contributed by atoms with Crippen molar-refractivity contribution in [3.05, 3.63) is 118 Å². The predicted molar refractivity (Wildman–Crippen MR) is 221 cm³/mol. The maximum Gasteiger partial charge on any atom is 0.145 e. The van der Waals surface area contributed by atoms with Crippen LogP contribution in [0.5, 0.6) is 23.0 Å². The number of hydrogen-bond donors (Lipinski definition) is 2. The highest BCUT2D eigenvalue weighted by molar-refractivity contribution is 5.88. The van der Waals surface area contributed by atoms with Crippen LogP contribution in [-0.4, -0.2) is 75.5 Å². The van der Waals surface area contributed by atoms with Gasteiger partial charge in [-0.15, -0.1) is 0 Å². The molecule has 0 atom stereocenters. The molecule has 292 valence electrons. The van der Waals surface area contributed by atoms with Crippen LogP contribution in [0.2, 0.25) is 0 Å². The van der Waals surface area contributed by atoms with Gasteiger partial charge < -0.3 is 33.9 Å². The van der Waals surface area contributed by atoms with Gasteiger partial charge in [0.1, 0.15) is 47.6 Å². The minimum Gasteiger partial charge on any atom is -0.507 e. The lowest BCUT2D eigenvalue weighted by atomic mass is 9.82. The smallest absolute Gasteiger partial charge is 0.145 e. The largest absolute Gasteiger partial charge is 0.507 e. The molecule has 0 unspecified atom stereocenters. The third-order valence-electron chi connectivity index (χ3n) is 9.18. The monoisotopic (exact) mass is 748 g/mol. The Bertz CT molecular complexity index is 1830. The van der Waals surface area contributed by atoms with Crippen molar-refractivity contribution in [2.45, 2.75) is 65.2 Å². The van der Waals surface area contributed by atoms with Gasteiger partial charge in [0.25, 0.3) is 0 Å². The molecular formula is C46H56N2O7. The molecule has 0 spiro atoms.